The van der Waals surface area contributed by atoms with Crippen LogP contribution in [0.4, 0.5) is 24.5 Å². The van der Waals surface area contributed by atoms with Gasteiger partial charge in [0.15, 0.2) is 5.78 Å². The molecule has 0 saturated carbocycles. The van der Waals surface area contributed by atoms with E-state index < -0.39 is 12.1 Å². The number of ketones is 1. The van der Waals surface area contributed by atoms with Crippen LogP contribution in [-0.4, -0.2) is 23.8 Å². The van der Waals surface area contributed by atoms with Gasteiger partial charge in [0.25, 0.3) is 0 Å². The third-order valence-corrected chi connectivity index (χ3v) is 3.30. The minimum absolute atomic E-state index is 0.0421. The topological polar surface area (TPSA) is 75.3 Å². The van der Waals surface area contributed by atoms with E-state index in [9.17, 15) is 27.6 Å². The van der Waals surface area contributed by atoms with Crippen LogP contribution in [0.1, 0.15) is 22.8 Å². The highest BCUT2D eigenvalue weighted by Crippen LogP contribution is 2.19. The molecule has 8 heteroatoms. The van der Waals surface area contributed by atoms with Crippen LogP contribution in [0.5, 0.6) is 0 Å². The summed E-state index contributed by atoms with van der Waals surface area (Å²) in [5, 5.41) is 4.31. The van der Waals surface area contributed by atoms with Crippen LogP contribution in [0.25, 0.3) is 6.08 Å². The average molecular weight is 376 g/mol. The van der Waals surface area contributed by atoms with Crippen molar-refractivity contribution in [2.45, 2.75) is 13.1 Å². The molecule has 0 fully saturated rings. The third kappa shape index (κ3) is 6.10. The lowest BCUT2D eigenvalue weighted by molar-refractivity contribution is -0.167. The van der Waals surface area contributed by atoms with E-state index in [2.05, 4.69) is 5.32 Å². The predicted molar refractivity (Wildman–Crippen MR) is 95.2 cm³/mol. The summed E-state index contributed by atoms with van der Waals surface area (Å²) in [6.07, 6.45) is -2.32. The van der Waals surface area contributed by atoms with Crippen molar-refractivity contribution < 1.29 is 27.6 Å². The molecule has 0 spiro atoms. The number of amides is 2. The molecule has 0 bridgehead atoms. The average Bonchev–Trinajstić information content (AvgIpc) is 2.59. The summed E-state index contributed by atoms with van der Waals surface area (Å²) in [5.41, 5.74) is 1.19. The summed E-state index contributed by atoms with van der Waals surface area (Å²) >= 11 is 0. The molecule has 0 saturated heterocycles. The fourth-order valence-electron chi connectivity index (χ4n) is 2.14. The number of carbonyl (C=O) groups excluding carboxylic acids is 3. The number of allylic oxidation sites excluding steroid dienone is 1. The van der Waals surface area contributed by atoms with Gasteiger partial charge < -0.3 is 10.6 Å². The Morgan fingerprint density at radius 2 is 1.56 bits per heavy atom. The Morgan fingerprint density at radius 1 is 0.926 bits per heavy atom. The molecular formula is C19H15F3N2O3. The van der Waals surface area contributed by atoms with E-state index in [0.29, 0.717) is 16.8 Å². The first-order chi connectivity index (χ1) is 12.6. The van der Waals surface area contributed by atoms with Crippen LogP contribution in [0, 0.1) is 0 Å². The lowest BCUT2D eigenvalue weighted by Crippen LogP contribution is -2.29. The van der Waals surface area contributed by atoms with Crippen LogP contribution in [0.15, 0.2) is 54.6 Å². The highest BCUT2D eigenvalue weighted by molar-refractivity contribution is 6.07. The van der Waals surface area contributed by atoms with Gasteiger partial charge in [-0.15, -0.1) is 0 Å². The van der Waals surface area contributed by atoms with E-state index in [1.54, 1.807) is 29.6 Å². The van der Waals surface area contributed by atoms with E-state index in [1.165, 1.54) is 43.3 Å². The summed E-state index contributed by atoms with van der Waals surface area (Å²) < 4.78 is 36.9. The van der Waals surface area contributed by atoms with Crippen molar-refractivity contribution in [3.63, 3.8) is 0 Å². The first-order valence-corrected chi connectivity index (χ1v) is 7.73. The van der Waals surface area contributed by atoms with Gasteiger partial charge >= 0.3 is 12.1 Å². The van der Waals surface area contributed by atoms with Crippen molar-refractivity contribution in [3.05, 3.63) is 65.7 Å². The van der Waals surface area contributed by atoms with Crippen molar-refractivity contribution in [3.8, 4) is 0 Å². The maximum atomic E-state index is 12.3. The summed E-state index contributed by atoms with van der Waals surface area (Å²) in [4.78, 5) is 34.3. The largest absolute Gasteiger partial charge is 0.471 e. The second kappa shape index (κ2) is 8.31. The van der Waals surface area contributed by atoms with E-state index in [-0.39, 0.29) is 17.4 Å². The zero-order valence-electron chi connectivity index (χ0n) is 14.1. The van der Waals surface area contributed by atoms with Gasteiger partial charge in [0.1, 0.15) is 0 Å². The molecule has 0 heterocycles. The smallest absolute Gasteiger partial charge is 0.326 e. The highest BCUT2D eigenvalue weighted by Gasteiger charge is 2.38. The van der Waals surface area contributed by atoms with Gasteiger partial charge in [-0.25, -0.2) is 0 Å². The second-order valence-electron chi connectivity index (χ2n) is 5.54. The fourth-order valence-corrected chi connectivity index (χ4v) is 2.14. The summed E-state index contributed by atoms with van der Waals surface area (Å²) in [7, 11) is 0. The zero-order valence-corrected chi connectivity index (χ0v) is 14.1. The molecule has 5 nitrogen and oxygen atoms in total. The molecule has 0 aliphatic heterocycles. The second-order valence-corrected chi connectivity index (χ2v) is 5.54. The summed E-state index contributed by atoms with van der Waals surface area (Å²) in [5.74, 6) is -2.70. The van der Waals surface area contributed by atoms with Gasteiger partial charge in [-0.05, 0) is 35.9 Å². The molecule has 0 aliphatic carbocycles. The third-order valence-electron chi connectivity index (χ3n) is 3.30. The summed E-state index contributed by atoms with van der Waals surface area (Å²) in [6.45, 7) is 1.35. The van der Waals surface area contributed by atoms with Crippen LogP contribution in [0.2, 0.25) is 0 Å². The monoisotopic (exact) mass is 376 g/mol. The van der Waals surface area contributed by atoms with Crippen LogP contribution in [0.3, 0.4) is 0 Å². The number of rotatable bonds is 5. The first-order valence-electron chi connectivity index (χ1n) is 7.73. The number of carbonyl (C=O) groups is 3. The lowest BCUT2D eigenvalue weighted by atomic mass is 10.1. The molecule has 2 N–H and O–H groups in total. The van der Waals surface area contributed by atoms with E-state index in [0.717, 1.165) is 0 Å². The van der Waals surface area contributed by atoms with Gasteiger partial charge in [0.05, 0.1) is 0 Å². The number of benzene rings is 2. The Hall–Kier alpha value is -3.42. The molecule has 0 aliphatic rings. The Balaban J connectivity index is 2.11. The lowest BCUT2D eigenvalue weighted by Gasteiger charge is -2.08. The standard InChI is InChI=1S/C19H15F3N2O3/c1-12(25)23-16-7-3-5-14(11-16)17(26)9-8-13-4-2-6-15(10-13)24-18(27)19(20,21)22/h2-11H,1H3,(H,23,25)(H,24,27)/b9-8+. The maximum Gasteiger partial charge on any atom is 0.471 e. The van der Waals surface area contributed by atoms with Gasteiger partial charge in [0, 0.05) is 23.9 Å². The van der Waals surface area contributed by atoms with Crippen LogP contribution >= 0.6 is 0 Å². The number of halogens is 3. The Bertz CT molecular complexity index is 905. The van der Waals surface area contributed by atoms with Crippen molar-refractivity contribution in [2.24, 2.45) is 0 Å². The minimum Gasteiger partial charge on any atom is -0.326 e. The van der Waals surface area contributed by atoms with Gasteiger partial charge in [0.2, 0.25) is 5.91 Å². The van der Waals surface area contributed by atoms with Gasteiger partial charge in [-0.2, -0.15) is 13.2 Å². The summed E-state index contributed by atoms with van der Waals surface area (Å²) in [6, 6.07) is 12.0. The Morgan fingerprint density at radius 3 is 2.19 bits per heavy atom. The highest BCUT2D eigenvalue weighted by atomic mass is 19.4. The molecule has 140 valence electrons. The van der Waals surface area contributed by atoms with E-state index in [4.69, 9.17) is 0 Å². The first kappa shape index (κ1) is 19.9. The van der Waals surface area contributed by atoms with E-state index >= 15 is 0 Å². The van der Waals surface area contributed by atoms with Gasteiger partial charge in [-0.1, -0.05) is 30.3 Å². The predicted octanol–water partition coefficient (Wildman–Crippen LogP) is 4.04. The zero-order chi connectivity index (χ0) is 20.0. The fraction of sp³-hybridized carbons (Fsp3) is 0.105. The SMILES string of the molecule is CC(=O)Nc1cccc(C(=O)/C=C/c2cccc(NC(=O)C(F)(F)F)c2)c1. The maximum absolute atomic E-state index is 12.3. The van der Waals surface area contributed by atoms with Crippen molar-refractivity contribution in [2.75, 3.05) is 10.6 Å². The Kier molecular flexibility index (Phi) is 6.12. The Labute approximate surface area is 152 Å². The molecule has 0 radical (unpaired) electrons. The molecule has 2 amide bonds. The molecule has 2 aromatic rings. The van der Waals surface area contributed by atoms with Crippen LogP contribution in [-0.2, 0) is 9.59 Å². The van der Waals surface area contributed by atoms with Crippen LogP contribution < -0.4 is 10.6 Å². The minimum atomic E-state index is -4.99. The molecule has 27 heavy (non-hydrogen) atoms. The normalized spacial score (nSPS) is 11.3. The number of nitrogens with one attached hydrogen (secondary N) is 2. The molecule has 0 aromatic heterocycles. The quantitative estimate of drug-likeness (QED) is 0.611. The van der Waals surface area contributed by atoms with Crippen molar-refractivity contribution in [1.29, 1.82) is 0 Å². The molecule has 0 unspecified atom stereocenters. The number of hydrogen-bond donors (Lipinski definition) is 2. The molecule has 2 aromatic carbocycles. The van der Waals surface area contributed by atoms with Crippen molar-refractivity contribution >= 4 is 35.0 Å². The molecule has 2 rings (SSSR count). The number of anilines is 2. The number of hydrogen-bond acceptors (Lipinski definition) is 3. The molecule has 0 atom stereocenters. The molecular weight excluding hydrogens is 361 g/mol. The van der Waals surface area contributed by atoms with E-state index in [1.807, 2.05) is 0 Å². The van der Waals surface area contributed by atoms with Gasteiger partial charge in [-0.3, -0.25) is 14.4 Å². The van der Waals surface area contributed by atoms with Crippen molar-refractivity contribution in [1.82, 2.24) is 0 Å². The number of alkyl halides is 3.